The van der Waals surface area contributed by atoms with Crippen LogP contribution in [0.4, 0.5) is 5.13 Å². The number of hydrogen-bond acceptors (Lipinski definition) is 5. The average Bonchev–Trinajstić information content (AvgIpc) is 3.11. The number of hydrogen-bond donors (Lipinski definition) is 1. The van der Waals surface area contributed by atoms with Gasteiger partial charge in [0.1, 0.15) is 0 Å². The number of nitrogens with one attached hydrogen (secondary N) is 1. The predicted molar refractivity (Wildman–Crippen MR) is 112 cm³/mol. The van der Waals surface area contributed by atoms with Gasteiger partial charge in [0.05, 0.1) is 15.1 Å². The predicted octanol–water partition coefficient (Wildman–Crippen LogP) is 3.95. The number of anilines is 1. The maximum Gasteiger partial charge on any atom is 0.257 e. The Labute approximate surface area is 166 Å². The molecular formula is C20H17N3O3S2. The summed E-state index contributed by atoms with van der Waals surface area (Å²) in [5, 5.41) is 5.36. The fraction of sp³-hybridized carbons (Fsp3) is 0.100. The highest BCUT2D eigenvalue weighted by Crippen LogP contribution is 2.32. The van der Waals surface area contributed by atoms with Gasteiger partial charge in [0.2, 0.25) is 10.0 Å². The van der Waals surface area contributed by atoms with Crippen molar-refractivity contribution in [2.45, 2.75) is 4.90 Å². The highest BCUT2D eigenvalue weighted by Gasteiger charge is 2.19. The van der Waals surface area contributed by atoms with E-state index in [-0.39, 0.29) is 10.5 Å². The summed E-state index contributed by atoms with van der Waals surface area (Å²) in [4.78, 5) is 17.3. The number of fused-ring (bicyclic) bond motifs is 3. The summed E-state index contributed by atoms with van der Waals surface area (Å²) in [5.41, 5.74) is 1.09. The molecule has 8 heteroatoms. The molecule has 0 fully saturated rings. The van der Waals surface area contributed by atoms with Crippen LogP contribution in [0.3, 0.4) is 0 Å². The lowest BCUT2D eigenvalue weighted by Gasteiger charge is -2.12. The van der Waals surface area contributed by atoms with Crippen molar-refractivity contribution in [2.24, 2.45) is 0 Å². The molecule has 0 saturated heterocycles. The van der Waals surface area contributed by atoms with Gasteiger partial charge >= 0.3 is 0 Å². The van der Waals surface area contributed by atoms with Gasteiger partial charge in [-0.1, -0.05) is 47.7 Å². The molecule has 0 radical (unpaired) electrons. The van der Waals surface area contributed by atoms with E-state index in [1.807, 2.05) is 36.4 Å². The molecule has 28 heavy (non-hydrogen) atoms. The summed E-state index contributed by atoms with van der Waals surface area (Å²) >= 11 is 1.38. The third-order valence-electron chi connectivity index (χ3n) is 4.38. The molecule has 1 N–H and O–H groups in total. The molecular weight excluding hydrogens is 394 g/mol. The van der Waals surface area contributed by atoms with Crippen LogP contribution in [0, 0.1) is 0 Å². The number of amides is 1. The fourth-order valence-corrected chi connectivity index (χ4v) is 4.72. The minimum atomic E-state index is -3.61. The third kappa shape index (κ3) is 3.26. The van der Waals surface area contributed by atoms with Gasteiger partial charge < -0.3 is 0 Å². The van der Waals surface area contributed by atoms with Crippen molar-refractivity contribution in [3.8, 4) is 0 Å². The second kappa shape index (κ2) is 6.97. The van der Waals surface area contributed by atoms with Crippen molar-refractivity contribution in [1.82, 2.24) is 9.29 Å². The second-order valence-electron chi connectivity index (χ2n) is 6.42. The van der Waals surface area contributed by atoms with E-state index >= 15 is 0 Å². The lowest BCUT2D eigenvalue weighted by atomic mass is 10.1. The van der Waals surface area contributed by atoms with Crippen LogP contribution < -0.4 is 5.32 Å². The van der Waals surface area contributed by atoms with Gasteiger partial charge in [-0.25, -0.2) is 17.7 Å². The van der Waals surface area contributed by atoms with Crippen molar-refractivity contribution in [2.75, 3.05) is 19.4 Å². The van der Waals surface area contributed by atoms with Crippen molar-refractivity contribution < 1.29 is 13.2 Å². The Bertz CT molecular complexity index is 1310. The monoisotopic (exact) mass is 411 g/mol. The maximum atomic E-state index is 12.7. The molecule has 0 bridgehead atoms. The number of benzene rings is 3. The topological polar surface area (TPSA) is 79.4 Å². The summed E-state index contributed by atoms with van der Waals surface area (Å²) in [6, 6.07) is 17.9. The molecule has 1 heterocycles. The number of thiazole rings is 1. The molecule has 142 valence electrons. The van der Waals surface area contributed by atoms with Gasteiger partial charge in [-0.2, -0.15) is 0 Å². The van der Waals surface area contributed by atoms with Gasteiger partial charge in [-0.15, -0.1) is 0 Å². The van der Waals surface area contributed by atoms with E-state index in [2.05, 4.69) is 10.3 Å². The number of carbonyl (C=O) groups excluding carboxylic acids is 1. The summed E-state index contributed by atoms with van der Waals surface area (Å²) < 4.78 is 26.7. The number of aromatic nitrogens is 1. The Balaban J connectivity index is 1.67. The van der Waals surface area contributed by atoms with Crippen LogP contribution in [0.15, 0.2) is 65.6 Å². The summed E-state index contributed by atoms with van der Waals surface area (Å²) in [6.45, 7) is 0. The minimum absolute atomic E-state index is 0.0699. The number of carbonyl (C=O) groups is 1. The van der Waals surface area contributed by atoms with E-state index in [1.54, 1.807) is 12.1 Å². The van der Waals surface area contributed by atoms with E-state index < -0.39 is 15.9 Å². The van der Waals surface area contributed by atoms with Crippen molar-refractivity contribution in [1.29, 1.82) is 0 Å². The van der Waals surface area contributed by atoms with Crippen LogP contribution in [-0.2, 0) is 10.0 Å². The molecule has 0 saturated carbocycles. The van der Waals surface area contributed by atoms with Crippen LogP contribution in [0.25, 0.3) is 21.0 Å². The highest BCUT2D eigenvalue weighted by atomic mass is 32.2. The third-order valence-corrected chi connectivity index (χ3v) is 7.13. The highest BCUT2D eigenvalue weighted by molar-refractivity contribution is 7.89. The molecule has 0 aliphatic rings. The van der Waals surface area contributed by atoms with Crippen molar-refractivity contribution >= 4 is 53.4 Å². The Hall–Kier alpha value is -2.81. The lowest BCUT2D eigenvalue weighted by molar-refractivity contribution is 0.102. The molecule has 1 aromatic heterocycles. The minimum Gasteiger partial charge on any atom is -0.298 e. The quantitative estimate of drug-likeness (QED) is 0.551. The van der Waals surface area contributed by atoms with Gasteiger partial charge in [0, 0.05) is 25.0 Å². The zero-order chi connectivity index (χ0) is 19.9. The van der Waals surface area contributed by atoms with Crippen LogP contribution in [0.1, 0.15) is 10.4 Å². The zero-order valence-corrected chi connectivity index (χ0v) is 16.8. The Morgan fingerprint density at radius 2 is 1.82 bits per heavy atom. The molecule has 4 aromatic rings. The van der Waals surface area contributed by atoms with Crippen LogP contribution in [0.5, 0.6) is 0 Å². The summed E-state index contributed by atoms with van der Waals surface area (Å²) in [5.74, 6) is -0.404. The Kier molecular flexibility index (Phi) is 4.62. The van der Waals surface area contributed by atoms with E-state index in [0.717, 1.165) is 25.3 Å². The van der Waals surface area contributed by atoms with Crippen molar-refractivity contribution in [3.05, 3.63) is 66.2 Å². The molecule has 1 amide bonds. The zero-order valence-electron chi connectivity index (χ0n) is 15.2. The SMILES string of the molecule is CN(C)S(=O)(=O)c1cccc(C(=O)Nc2nc3c(ccc4ccccc43)s2)c1. The molecule has 4 rings (SSSR count). The molecule has 0 atom stereocenters. The molecule has 3 aromatic carbocycles. The molecule has 6 nitrogen and oxygen atoms in total. The van der Waals surface area contributed by atoms with E-state index in [0.29, 0.717) is 5.13 Å². The largest absolute Gasteiger partial charge is 0.298 e. The van der Waals surface area contributed by atoms with E-state index in [9.17, 15) is 13.2 Å². The maximum absolute atomic E-state index is 12.7. The van der Waals surface area contributed by atoms with Gasteiger partial charge in [0.15, 0.2) is 5.13 Å². The average molecular weight is 412 g/mol. The molecule has 0 aliphatic carbocycles. The number of nitrogens with zero attached hydrogens (tertiary/aromatic N) is 2. The number of rotatable bonds is 4. The standard InChI is InChI=1S/C20H17N3O3S2/c1-23(2)28(25,26)15-8-5-7-14(12-15)19(24)22-20-21-18-16-9-4-3-6-13(16)10-11-17(18)27-20/h3-12H,1-2H3,(H,21,22,24). The van der Waals surface area contributed by atoms with Crippen molar-refractivity contribution in [3.63, 3.8) is 0 Å². The molecule has 0 unspecified atom stereocenters. The first-order valence-corrected chi connectivity index (χ1v) is 10.7. The van der Waals surface area contributed by atoms with Crippen LogP contribution in [-0.4, -0.2) is 37.7 Å². The normalized spacial score (nSPS) is 12.0. The van der Waals surface area contributed by atoms with Gasteiger partial charge in [-0.05, 0) is 29.7 Å². The van der Waals surface area contributed by atoms with Gasteiger partial charge in [0.25, 0.3) is 5.91 Å². The van der Waals surface area contributed by atoms with Crippen LogP contribution >= 0.6 is 11.3 Å². The summed E-state index contributed by atoms with van der Waals surface area (Å²) in [7, 11) is -0.706. The molecule has 0 aliphatic heterocycles. The second-order valence-corrected chi connectivity index (χ2v) is 9.60. The van der Waals surface area contributed by atoms with E-state index in [4.69, 9.17) is 0 Å². The smallest absolute Gasteiger partial charge is 0.257 e. The van der Waals surface area contributed by atoms with E-state index in [1.165, 1.54) is 37.6 Å². The Morgan fingerprint density at radius 3 is 2.61 bits per heavy atom. The number of sulfonamides is 1. The van der Waals surface area contributed by atoms with Gasteiger partial charge in [-0.3, -0.25) is 10.1 Å². The first-order valence-electron chi connectivity index (χ1n) is 8.48. The first-order chi connectivity index (χ1) is 13.4. The fourth-order valence-electron chi connectivity index (χ4n) is 2.89. The molecule has 0 spiro atoms. The van der Waals surface area contributed by atoms with Crippen LogP contribution in [0.2, 0.25) is 0 Å². The Morgan fingerprint density at radius 1 is 1.04 bits per heavy atom. The lowest BCUT2D eigenvalue weighted by Crippen LogP contribution is -2.22. The first kappa shape index (κ1) is 18.5. The summed E-state index contributed by atoms with van der Waals surface area (Å²) in [6.07, 6.45) is 0.